The van der Waals surface area contributed by atoms with Gasteiger partial charge in [0.05, 0.1) is 11.4 Å². The molecule has 5 nitrogen and oxygen atoms in total. The van der Waals surface area contributed by atoms with Crippen molar-refractivity contribution in [1.82, 2.24) is 14.5 Å². The normalized spacial score (nSPS) is 13.0. The van der Waals surface area contributed by atoms with Gasteiger partial charge in [-0.3, -0.25) is 4.79 Å². The van der Waals surface area contributed by atoms with Crippen LogP contribution < -0.4 is 0 Å². The zero-order valence-corrected chi connectivity index (χ0v) is 11.5. The van der Waals surface area contributed by atoms with Crippen molar-refractivity contribution in [2.45, 2.75) is 31.6 Å². The Balaban J connectivity index is 2.73. The summed E-state index contributed by atoms with van der Waals surface area (Å²) in [6.07, 6.45) is 1.96. The molecule has 6 heteroatoms. The van der Waals surface area contributed by atoms with Crippen LogP contribution in [0.25, 0.3) is 0 Å². The molecule has 17 heavy (non-hydrogen) atoms. The van der Waals surface area contributed by atoms with Crippen LogP contribution >= 0.6 is 11.8 Å². The number of carbonyl (C=O) groups is 1. The number of nitrogens with zero attached hydrogens (tertiary/aromatic N) is 3. The fourth-order valence-corrected chi connectivity index (χ4v) is 2.10. The zero-order chi connectivity index (χ0) is 13.0. The summed E-state index contributed by atoms with van der Waals surface area (Å²) >= 11 is 1.26. The van der Waals surface area contributed by atoms with Gasteiger partial charge in [-0.15, -0.1) is 0 Å². The van der Waals surface area contributed by atoms with Gasteiger partial charge >= 0.3 is 5.97 Å². The Morgan fingerprint density at radius 2 is 2.29 bits per heavy atom. The highest BCUT2D eigenvalue weighted by atomic mass is 32.2. The first kappa shape index (κ1) is 14.1. The first-order valence-corrected chi connectivity index (χ1v) is 6.43. The maximum Gasteiger partial charge on any atom is 0.313 e. The molecule has 1 aromatic rings. The first-order chi connectivity index (χ1) is 7.90. The summed E-state index contributed by atoms with van der Waals surface area (Å²) in [5.41, 5.74) is 0.920. The van der Waals surface area contributed by atoms with Crippen LogP contribution in [-0.2, 0) is 11.3 Å². The van der Waals surface area contributed by atoms with E-state index >= 15 is 0 Å². The molecule has 1 atom stereocenters. The lowest BCUT2D eigenvalue weighted by molar-refractivity contribution is -0.133. The second kappa shape index (κ2) is 6.07. The number of carboxylic acid groups (broad SMARTS) is 1. The molecule has 1 aromatic heterocycles. The molecule has 96 valence electrons. The lowest BCUT2D eigenvalue weighted by Crippen LogP contribution is -2.29. The summed E-state index contributed by atoms with van der Waals surface area (Å²) in [5.74, 6) is -0.768. The first-order valence-electron chi connectivity index (χ1n) is 5.45. The quantitative estimate of drug-likeness (QED) is 0.779. The Labute approximate surface area is 106 Å². The van der Waals surface area contributed by atoms with E-state index in [9.17, 15) is 4.79 Å². The molecule has 0 radical (unpaired) electrons. The number of imidazole rings is 1. The molecule has 1 heterocycles. The molecule has 1 N–H and O–H groups in total. The van der Waals surface area contributed by atoms with Crippen molar-refractivity contribution in [3.05, 3.63) is 11.9 Å². The van der Waals surface area contributed by atoms with Gasteiger partial charge < -0.3 is 14.6 Å². The summed E-state index contributed by atoms with van der Waals surface area (Å²) in [6, 6.07) is 0.382. The SMILES string of the molecule is Cc1cn(CC(C)N(C)C)c(SCC(=O)O)n1. The molecule has 0 amide bonds. The van der Waals surface area contributed by atoms with Crippen LogP contribution in [0.1, 0.15) is 12.6 Å². The molecular weight excluding hydrogens is 238 g/mol. The van der Waals surface area contributed by atoms with Gasteiger partial charge in [-0.25, -0.2) is 4.98 Å². The number of aliphatic carboxylic acids is 1. The lowest BCUT2D eigenvalue weighted by Gasteiger charge is -2.20. The number of carboxylic acids is 1. The summed E-state index contributed by atoms with van der Waals surface area (Å²) in [5, 5.41) is 9.45. The van der Waals surface area contributed by atoms with Gasteiger partial charge in [0.15, 0.2) is 5.16 Å². The molecule has 0 aromatic carbocycles. The van der Waals surface area contributed by atoms with Crippen molar-refractivity contribution >= 4 is 17.7 Å². The molecule has 1 rings (SSSR count). The van der Waals surface area contributed by atoms with Gasteiger partial charge in [0, 0.05) is 18.8 Å². The van der Waals surface area contributed by atoms with Crippen molar-refractivity contribution < 1.29 is 9.90 Å². The summed E-state index contributed by atoms with van der Waals surface area (Å²) in [4.78, 5) is 17.0. The molecule has 0 spiro atoms. The Morgan fingerprint density at radius 1 is 1.65 bits per heavy atom. The van der Waals surface area contributed by atoms with Gasteiger partial charge in [0.1, 0.15) is 0 Å². The fraction of sp³-hybridized carbons (Fsp3) is 0.636. The number of likely N-dealkylation sites (N-methyl/N-ethyl adjacent to an activating group) is 1. The minimum absolute atomic E-state index is 0.0484. The fourth-order valence-electron chi connectivity index (χ4n) is 1.34. The average Bonchev–Trinajstić information content (AvgIpc) is 2.55. The van der Waals surface area contributed by atoms with Crippen molar-refractivity contribution in [2.24, 2.45) is 0 Å². The Hall–Kier alpha value is -1.01. The van der Waals surface area contributed by atoms with Crippen molar-refractivity contribution in [3.63, 3.8) is 0 Å². The van der Waals surface area contributed by atoms with Crippen molar-refractivity contribution in [3.8, 4) is 0 Å². The van der Waals surface area contributed by atoms with Crippen LogP contribution in [0.2, 0.25) is 0 Å². The lowest BCUT2D eigenvalue weighted by atomic mass is 10.3. The second-order valence-corrected chi connectivity index (χ2v) is 5.25. The summed E-state index contributed by atoms with van der Waals surface area (Å²) in [7, 11) is 4.05. The Bertz CT molecular complexity index is 390. The van der Waals surface area contributed by atoms with E-state index in [0.717, 1.165) is 17.4 Å². The highest BCUT2D eigenvalue weighted by Crippen LogP contribution is 2.18. The highest BCUT2D eigenvalue weighted by Gasteiger charge is 2.12. The van der Waals surface area contributed by atoms with Gasteiger partial charge in [0.2, 0.25) is 0 Å². The molecular formula is C11H19N3O2S. The minimum Gasteiger partial charge on any atom is -0.481 e. The third kappa shape index (κ3) is 4.40. The predicted molar refractivity (Wildman–Crippen MR) is 68.5 cm³/mol. The van der Waals surface area contributed by atoms with E-state index in [4.69, 9.17) is 5.11 Å². The van der Waals surface area contributed by atoms with E-state index in [1.54, 1.807) is 0 Å². The van der Waals surface area contributed by atoms with Gasteiger partial charge in [-0.2, -0.15) is 0 Å². The van der Waals surface area contributed by atoms with Crippen LogP contribution in [0.3, 0.4) is 0 Å². The van der Waals surface area contributed by atoms with Crippen molar-refractivity contribution in [1.29, 1.82) is 0 Å². The monoisotopic (exact) mass is 257 g/mol. The maximum absolute atomic E-state index is 10.6. The number of hydrogen-bond donors (Lipinski definition) is 1. The van der Waals surface area contributed by atoms with Crippen LogP contribution in [-0.4, -0.2) is 51.4 Å². The number of hydrogen-bond acceptors (Lipinski definition) is 4. The average molecular weight is 257 g/mol. The van der Waals surface area contributed by atoms with E-state index in [-0.39, 0.29) is 5.75 Å². The van der Waals surface area contributed by atoms with E-state index in [0.29, 0.717) is 6.04 Å². The largest absolute Gasteiger partial charge is 0.481 e. The molecule has 0 aliphatic carbocycles. The topological polar surface area (TPSA) is 58.4 Å². The predicted octanol–water partition coefficient (Wildman–Crippen LogP) is 1.32. The molecule has 0 fully saturated rings. The van der Waals surface area contributed by atoms with Gasteiger partial charge in [-0.05, 0) is 27.9 Å². The zero-order valence-electron chi connectivity index (χ0n) is 10.7. The maximum atomic E-state index is 10.6. The minimum atomic E-state index is -0.817. The standard InChI is InChI=1S/C11H19N3O2S/c1-8-5-14(6-9(2)13(3)4)11(12-8)17-7-10(15)16/h5,9H,6-7H2,1-4H3,(H,15,16). The number of rotatable bonds is 6. The van der Waals surface area contributed by atoms with Crippen molar-refractivity contribution in [2.75, 3.05) is 19.8 Å². The van der Waals surface area contributed by atoms with E-state index in [1.807, 2.05) is 31.8 Å². The second-order valence-electron chi connectivity index (χ2n) is 4.31. The van der Waals surface area contributed by atoms with Gasteiger partial charge in [0.25, 0.3) is 0 Å². The molecule has 0 saturated carbocycles. The van der Waals surface area contributed by atoms with E-state index in [1.165, 1.54) is 11.8 Å². The summed E-state index contributed by atoms with van der Waals surface area (Å²) in [6.45, 7) is 4.86. The number of thioether (sulfide) groups is 1. The molecule has 0 bridgehead atoms. The van der Waals surface area contributed by atoms with Crippen LogP contribution in [0.5, 0.6) is 0 Å². The molecule has 0 aliphatic heterocycles. The smallest absolute Gasteiger partial charge is 0.313 e. The van der Waals surface area contributed by atoms with Crippen LogP contribution in [0.4, 0.5) is 0 Å². The third-order valence-electron chi connectivity index (χ3n) is 2.53. The van der Waals surface area contributed by atoms with Crippen LogP contribution in [0.15, 0.2) is 11.4 Å². The van der Waals surface area contributed by atoms with Crippen LogP contribution in [0, 0.1) is 6.92 Å². The molecule has 0 aliphatic rings. The third-order valence-corrected chi connectivity index (χ3v) is 3.50. The number of aryl methyl sites for hydroxylation is 1. The molecule has 0 saturated heterocycles. The highest BCUT2D eigenvalue weighted by molar-refractivity contribution is 7.99. The van der Waals surface area contributed by atoms with E-state index in [2.05, 4.69) is 16.8 Å². The Kier molecular flexibility index (Phi) is 5.02. The van der Waals surface area contributed by atoms with Gasteiger partial charge in [-0.1, -0.05) is 11.8 Å². The Morgan fingerprint density at radius 3 is 2.82 bits per heavy atom. The summed E-state index contributed by atoms with van der Waals surface area (Å²) < 4.78 is 2.02. The molecule has 1 unspecified atom stereocenters. The number of aromatic nitrogens is 2. The van der Waals surface area contributed by atoms with E-state index < -0.39 is 5.97 Å².